The van der Waals surface area contributed by atoms with E-state index in [9.17, 15) is 13.2 Å². The Kier molecular flexibility index (Phi) is 3.61. The maximum atomic E-state index is 12.6. The van der Waals surface area contributed by atoms with E-state index >= 15 is 0 Å². The Morgan fingerprint density at radius 2 is 1.88 bits per heavy atom. The van der Waals surface area contributed by atoms with Crippen molar-refractivity contribution in [1.82, 2.24) is 4.90 Å². The predicted octanol–water partition coefficient (Wildman–Crippen LogP) is 3.54. The molecule has 0 bridgehead atoms. The molecular weight excluding hydrogens is 227 g/mol. The minimum Gasteiger partial charge on any atom is -0.306 e. The number of nitrogens with zero attached hydrogens (tertiary/aromatic N) is 1. The van der Waals surface area contributed by atoms with Crippen molar-refractivity contribution in [2.24, 2.45) is 5.92 Å². The van der Waals surface area contributed by atoms with Crippen LogP contribution in [0.1, 0.15) is 25.7 Å². The molecule has 1 fully saturated rings. The van der Waals surface area contributed by atoms with Gasteiger partial charge in [-0.15, -0.1) is 0 Å². The number of piperidine rings is 1. The Labute approximate surface area is 100.0 Å². The van der Waals surface area contributed by atoms with Gasteiger partial charge in [0.15, 0.2) is 0 Å². The molecule has 2 aliphatic rings. The predicted molar refractivity (Wildman–Crippen MR) is 61.7 cm³/mol. The summed E-state index contributed by atoms with van der Waals surface area (Å²) >= 11 is 0. The minimum atomic E-state index is -4.15. The summed E-state index contributed by atoms with van der Waals surface area (Å²) in [6, 6.07) is 0. The standard InChI is InChI=1S/C13H18F3N/c1-17-7-5-10(6-8-17)11-3-2-4-12(9-11)13(14,15)16/h3,9-10H,2,4-8H2,1H3. The number of hydrogen-bond donors (Lipinski definition) is 0. The fourth-order valence-corrected chi connectivity index (χ4v) is 2.58. The molecule has 1 aliphatic carbocycles. The van der Waals surface area contributed by atoms with Crippen LogP contribution in [0.3, 0.4) is 0 Å². The SMILES string of the molecule is CN1CCC(C2=CCCC(C(F)(F)F)=C2)CC1. The van der Waals surface area contributed by atoms with E-state index in [1.54, 1.807) is 0 Å². The Balaban J connectivity index is 2.07. The van der Waals surface area contributed by atoms with Gasteiger partial charge in [0.1, 0.15) is 0 Å². The molecule has 0 unspecified atom stereocenters. The summed E-state index contributed by atoms with van der Waals surface area (Å²) in [4.78, 5) is 2.23. The molecule has 0 amide bonds. The first-order valence-corrected chi connectivity index (χ1v) is 6.13. The first-order chi connectivity index (χ1) is 7.97. The number of allylic oxidation sites excluding steroid dienone is 4. The van der Waals surface area contributed by atoms with E-state index in [4.69, 9.17) is 0 Å². The van der Waals surface area contributed by atoms with Crippen LogP contribution in [0.5, 0.6) is 0 Å². The van der Waals surface area contributed by atoms with Crippen molar-refractivity contribution in [2.75, 3.05) is 20.1 Å². The van der Waals surface area contributed by atoms with Crippen LogP contribution in [-0.2, 0) is 0 Å². The number of hydrogen-bond acceptors (Lipinski definition) is 1. The van der Waals surface area contributed by atoms with Crippen molar-refractivity contribution in [3.05, 3.63) is 23.3 Å². The summed E-state index contributed by atoms with van der Waals surface area (Å²) in [6.07, 6.45) is 1.86. The highest BCUT2D eigenvalue weighted by molar-refractivity contribution is 5.32. The molecule has 1 saturated heterocycles. The summed E-state index contributed by atoms with van der Waals surface area (Å²) in [5.74, 6) is 0.323. The zero-order valence-corrected chi connectivity index (χ0v) is 10.1. The van der Waals surface area contributed by atoms with Gasteiger partial charge in [-0.1, -0.05) is 12.2 Å². The normalized spacial score (nSPS) is 24.5. The van der Waals surface area contributed by atoms with Gasteiger partial charge in [-0.25, -0.2) is 0 Å². The van der Waals surface area contributed by atoms with Crippen LogP contribution in [-0.4, -0.2) is 31.2 Å². The molecular formula is C13H18F3N. The molecule has 2 rings (SSSR count). The fourth-order valence-electron chi connectivity index (χ4n) is 2.58. The van der Waals surface area contributed by atoms with Crippen LogP contribution < -0.4 is 0 Å². The zero-order valence-electron chi connectivity index (χ0n) is 10.1. The van der Waals surface area contributed by atoms with E-state index in [2.05, 4.69) is 11.9 Å². The average molecular weight is 245 g/mol. The lowest BCUT2D eigenvalue weighted by molar-refractivity contribution is -0.0942. The van der Waals surface area contributed by atoms with Gasteiger partial charge >= 0.3 is 6.18 Å². The number of halogens is 3. The second kappa shape index (κ2) is 4.84. The quantitative estimate of drug-likeness (QED) is 0.683. The van der Waals surface area contributed by atoms with E-state index < -0.39 is 6.18 Å². The van der Waals surface area contributed by atoms with Crippen LogP contribution >= 0.6 is 0 Å². The highest BCUT2D eigenvalue weighted by Gasteiger charge is 2.34. The van der Waals surface area contributed by atoms with Crippen molar-refractivity contribution in [3.8, 4) is 0 Å². The molecule has 0 aromatic carbocycles. The second-order valence-corrected chi connectivity index (χ2v) is 4.99. The topological polar surface area (TPSA) is 3.24 Å². The lowest BCUT2D eigenvalue weighted by atomic mass is 9.84. The summed E-state index contributed by atoms with van der Waals surface area (Å²) < 4.78 is 37.9. The summed E-state index contributed by atoms with van der Waals surface area (Å²) in [5, 5.41) is 0. The van der Waals surface area contributed by atoms with Gasteiger partial charge in [-0.2, -0.15) is 13.2 Å². The molecule has 1 heterocycles. The van der Waals surface area contributed by atoms with E-state index in [-0.39, 0.29) is 12.0 Å². The Hall–Kier alpha value is -0.770. The van der Waals surface area contributed by atoms with Gasteiger partial charge < -0.3 is 4.90 Å². The summed E-state index contributed by atoms with van der Waals surface area (Å²) in [6.45, 7) is 1.97. The van der Waals surface area contributed by atoms with Gasteiger partial charge in [0, 0.05) is 5.57 Å². The molecule has 96 valence electrons. The highest BCUT2D eigenvalue weighted by atomic mass is 19.4. The Bertz CT molecular complexity index is 333. The molecule has 17 heavy (non-hydrogen) atoms. The van der Waals surface area contributed by atoms with Crippen LogP contribution in [0.15, 0.2) is 23.3 Å². The molecule has 0 aromatic rings. The maximum Gasteiger partial charge on any atom is 0.412 e. The molecule has 0 radical (unpaired) electrons. The number of alkyl halides is 3. The van der Waals surface area contributed by atoms with Crippen molar-refractivity contribution in [3.63, 3.8) is 0 Å². The highest BCUT2D eigenvalue weighted by Crippen LogP contribution is 2.36. The van der Waals surface area contributed by atoms with Crippen LogP contribution in [0.25, 0.3) is 0 Å². The third kappa shape index (κ3) is 3.12. The molecule has 0 aromatic heterocycles. The maximum absolute atomic E-state index is 12.6. The summed E-state index contributed by atoms with van der Waals surface area (Å²) in [5.41, 5.74) is 0.561. The molecule has 0 N–H and O–H groups in total. The molecule has 0 spiro atoms. The minimum absolute atomic E-state index is 0.139. The van der Waals surface area contributed by atoms with Gasteiger partial charge in [-0.3, -0.25) is 0 Å². The molecule has 0 saturated carbocycles. The lowest BCUT2D eigenvalue weighted by Crippen LogP contribution is -2.31. The third-order valence-corrected chi connectivity index (χ3v) is 3.69. The van der Waals surface area contributed by atoms with E-state index in [0.29, 0.717) is 12.3 Å². The van der Waals surface area contributed by atoms with E-state index in [1.165, 1.54) is 6.08 Å². The van der Waals surface area contributed by atoms with Gasteiger partial charge in [-0.05, 0) is 57.3 Å². The second-order valence-electron chi connectivity index (χ2n) is 4.99. The monoisotopic (exact) mass is 245 g/mol. The van der Waals surface area contributed by atoms with Gasteiger partial charge in [0.2, 0.25) is 0 Å². The lowest BCUT2D eigenvalue weighted by Gasteiger charge is -2.31. The first kappa shape index (κ1) is 12.7. The number of likely N-dealkylation sites (tertiary alicyclic amines) is 1. The van der Waals surface area contributed by atoms with Gasteiger partial charge in [0.25, 0.3) is 0 Å². The molecule has 1 aliphatic heterocycles. The van der Waals surface area contributed by atoms with Crippen LogP contribution in [0.2, 0.25) is 0 Å². The smallest absolute Gasteiger partial charge is 0.306 e. The first-order valence-electron chi connectivity index (χ1n) is 6.13. The summed E-state index contributed by atoms with van der Waals surface area (Å²) in [7, 11) is 2.06. The molecule has 0 atom stereocenters. The Morgan fingerprint density at radius 1 is 1.24 bits per heavy atom. The molecule has 4 heteroatoms. The Morgan fingerprint density at radius 3 is 2.47 bits per heavy atom. The van der Waals surface area contributed by atoms with Crippen LogP contribution in [0.4, 0.5) is 13.2 Å². The molecule has 1 nitrogen and oxygen atoms in total. The third-order valence-electron chi connectivity index (χ3n) is 3.69. The van der Waals surface area contributed by atoms with Crippen molar-refractivity contribution >= 4 is 0 Å². The van der Waals surface area contributed by atoms with E-state index in [0.717, 1.165) is 31.5 Å². The van der Waals surface area contributed by atoms with Crippen molar-refractivity contribution in [1.29, 1.82) is 0 Å². The van der Waals surface area contributed by atoms with Crippen molar-refractivity contribution in [2.45, 2.75) is 31.9 Å². The van der Waals surface area contributed by atoms with Crippen LogP contribution in [0, 0.1) is 5.92 Å². The largest absolute Gasteiger partial charge is 0.412 e. The fraction of sp³-hybridized carbons (Fsp3) is 0.692. The average Bonchev–Trinajstić information content (AvgIpc) is 2.29. The zero-order chi connectivity index (χ0) is 12.5. The van der Waals surface area contributed by atoms with Crippen molar-refractivity contribution < 1.29 is 13.2 Å². The number of rotatable bonds is 1. The van der Waals surface area contributed by atoms with E-state index in [1.807, 2.05) is 6.08 Å². The van der Waals surface area contributed by atoms with Gasteiger partial charge in [0.05, 0.1) is 0 Å².